The second-order valence-electron chi connectivity index (χ2n) is 5.85. The lowest BCUT2D eigenvalue weighted by Gasteiger charge is -2.32. The summed E-state index contributed by atoms with van der Waals surface area (Å²) in [5, 5.41) is 0.740. The van der Waals surface area contributed by atoms with Crippen molar-refractivity contribution in [2.75, 3.05) is 0 Å². The van der Waals surface area contributed by atoms with E-state index in [-0.39, 0.29) is 12.1 Å². The van der Waals surface area contributed by atoms with Gasteiger partial charge in [0.05, 0.1) is 12.2 Å². The third kappa shape index (κ3) is 4.20. The Kier molecular flexibility index (Phi) is 5.26. The minimum atomic E-state index is -0.0582. The summed E-state index contributed by atoms with van der Waals surface area (Å²) in [6.45, 7) is 4.31. The van der Waals surface area contributed by atoms with Gasteiger partial charge in [-0.1, -0.05) is 30.7 Å². The van der Waals surface area contributed by atoms with Crippen molar-refractivity contribution in [3.05, 3.63) is 34.9 Å². The minimum absolute atomic E-state index is 0.0298. The van der Waals surface area contributed by atoms with Gasteiger partial charge in [-0.2, -0.15) is 0 Å². The van der Waals surface area contributed by atoms with E-state index in [1.165, 1.54) is 12.8 Å². The van der Waals surface area contributed by atoms with Crippen molar-refractivity contribution < 1.29 is 4.74 Å². The van der Waals surface area contributed by atoms with Gasteiger partial charge in [-0.05, 0) is 56.2 Å². The summed E-state index contributed by atoms with van der Waals surface area (Å²) in [5.41, 5.74) is 7.18. The first-order valence-corrected chi connectivity index (χ1v) is 7.60. The zero-order valence-electron chi connectivity index (χ0n) is 11.8. The Morgan fingerprint density at radius 2 is 1.95 bits per heavy atom. The zero-order chi connectivity index (χ0) is 13.8. The van der Waals surface area contributed by atoms with Crippen LogP contribution in [0.3, 0.4) is 0 Å². The predicted octanol–water partition coefficient (Wildman–Crippen LogP) is 4.32. The fourth-order valence-corrected chi connectivity index (χ4v) is 2.96. The van der Waals surface area contributed by atoms with Crippen molar-refractivity contribution in [1.82, 2.24) is 0 Å². The molecule has 0 aliphatic heterocycles. The predicted molar refractivity (Wildman–Crippen MR) is 80.3 cm³/mol. The van der Waals surface area contributed by atoms with Gasteiger partial charge in [-0.25, -0.2) is 0 Å². The van der Waals surface area contributed by atoms with Crippen LogP contribution in [0.2, 0.25) is 5.02 Å². The molecule has 1 aliphatic carbocycles. The second-order valence-corrected chi connectivity index (χ2v) is 6.29. The average Bonchev–Trinajstić information content (AvgIpc) is 2.37. The zero-order valence-corrected chi connectivity index (χ0v) is 12.6. The molecule has 0 radical (unpaired) electrons. The quantitative estimate of drug-likeness (QED) is 0.892. The molecule has 2 rings (SSSR count). The molecular weight excluding hydrogens is 258 g/mol. The fourth-order valence-electron chi connectivity index (χ4n) is 2.76. The van der Waals surface area contributed by atoms with E-state index in [1.807, 2.05) is 31.2 Å². The normalized spacial score (nSPS) is 26.9. The highest BCUT2D eigenvalue weighted by Gasteiger charge is 2.25. The fraction of sp³-hybridized carbons (Fsp3) is 0.625. The molecule has 0 heterocycles. The molecule has 1 saturated carbocycles. The summed E-state index contributed by atoms with van der Waals surface area (Å²) >= 11 is 6.06. The molecule has 0 aromatic heterocycles. The van der Waals surface area contributed by atoms with Crippen LogP contribution < -0.4 is 5.73 Å². The van der Waals surface area contributed by atoms with E-state index < -0.39 is 0 Å². The molecule has 2 nitrogen and oxygen atoms in total. The number of hydrogen-bond donors (Lipinski definition) is 1. The molecule has 2 N–H and O–H groups in total. The summed E-state index contributed by atoms with van der Waals surface area (Å²) in [7, 11) is 0. The van der Waals surface area contributed by atoms with Crippen LogP contribution in [0.1, 0.15) is 51.2 Å². The average molecular weight is 282 g/mol. The molecule has 3 heteroatoms. The third-order valence-electron chi connectivity index (χ3n) is 3.96. The lowest BCUT2D eigenvalue weighted by molar-refractivity contribution is -0.0459. The van der Waals surface area contributed by atoms with E-state index in [9.17, 15) is 0 Å². The smallest absolute Gasteiger partial charge is 0.0977 e. The topological polar surface area (TPSA) is 35.2 Å². The minimum Gasteiger partial charge on any atom is -0.369 e. The van der Waals surface area contributed by atoms with Gasteiger partial charge >= 0.3 is 0 Å². The van der Waals surface area contributed by atoms with E-state index in [0.29, 0.717) is 6.10 Å². The molecule has 106 valence electrons. The van der Waals surface area contributed by atoms with Crippen molar-refractivity contribution >= 4 is 11.6 Å². The second kappa shape index (κ2) is 6.74. The Labute approximate surface area is 121 Å². The van der Waals surface area contributed by atoms with E-state index >= 15 is 0 Å². The molecule has 2 unspecified atom stereocenters. The summed E-state index contributed by atoms with van der Waals surface area (Å²) in [6, 6.07) is 7.81. The van der Waals surface area contributed by atoms with Crippen LogP contribution in [0.5, 0.6) is 0 Å². The molecule has 0 saturated heterocycles. The Balaban J connectivity index is 2.04. The van der Waals surface area contributed by atoms with Crippen molar-refractivity contribution in [1.29, 1.82) is 0 Å². The number of hydrogen-bond acceptors (Lipinski definition) is 2. The van der Waals surface area contributed by atoms with Gasteiger partial charge in [0.1, 0.15) is 0 Å². The van der Waals surface area contributed by atoms with Gasteiger partial charge in [0, 0.05) is 11.1 Å². The van der Waals surface area contributed by atoms with Gasteiger partial charge in [-0.3, -0.25) is 0 Å². The van der Waals surface area contributed by atoms with E-state index in [1.54, 1.807) is 0 Å². The highest BCUT2D eigenvalue weighted by Crippen LogP contribution is 2.31. The number of nitrogens with two attached hydrogens (primary N) is 1. The standard InChI is InChI=1S/C16H24ClNO/c1-11-6-8-15(9-7-11)19-16(12(2)18)13-4-3-5-14(17)10-13/h3-5,10-12,15-16H,6-9,18H2,1-2H3. The van der Waals surface area contributed by atoms with Crippen LogP contribution in [0.25, 0.3) is 0 Å². The molecule has 0 amide bonds. The van der Waals surface area contributed by atoms with Gasteiger partial charge in [0.15, 0.2) is 0 Å². The lowest BCUT2D eigenvalue weighted by atomic mass is 9.88. The largest absolute Gasteiger partial charge is 0.369 e. The van der Waals surface area contributed by atoms with E-state index in [2.05, 4.69) is 6.92 Å². The Morgan fingerprint density at radius 1 is 1.26 bits per heavy atom. The van der Waals surface area contributed by atoms with Crippen molar-refractivity contribution in [2.45, 2.75) is 57.8 Å². The third-order valence-corrected chi connectivity index (χ3v) is 4.19. The Hall–Kier alpha value is -0.570. The molecule has 19 heavy (non-hydrogen) atoms. The van der Waals surface area contributed by atoms with Crippen LogP contribution in [-0.2, 0) is 4.74 Å². The van der Waals surface area contributed by atoms with Gasteiger partial charge in [-0.15, -0.1) is 0 Å². The van der Waals surface area contributed by atoms with E-state index in [0.717, 1.165) is 29.3 Å². The molecule has 0 bridgehead atoms. The molecule has 1 aromatic rings. The van der Waals surface area contributed by atoms with Crippen LogP contribution >= 0.6 is 11.6 Å². The molecule has 1 aliphatic rings. The first kappa shape index (κ1) is 14.8. The first-order chi connectivity index (χ1) is 9.06. The number of ether oxygens (including phenoxy) is 1. The molecule has 2 atom stereocenters. The van der Waals surface area contributed by atoms with Gasteiger partial charge in [0.2, 0.25) is 0 Å². The number of halogens is 1. The monoisotopic (exact) mass is 281 g/mol. The lowest BCUT2D eigenvalue weighted by Crippen LogP contribution is -2.32. The van der Waals surface area contributed by atoms with Crippen molar-refractivity contribution in [2.24, 2.45) is 11.7 Å². The van der Waals surface area contributed by atoms with Crippen LogP contribution in [0.4, 0.5) is 0 Å². The first-order valence-electron chi connectivity index (χ1n) is 7.22. The maximum atomic E-state index is 6.26. The maximum absolute atomic E-state index is 6.26. The maximum Gasteiger partial charge on any atom is 0.0977 e. The van der Waals surface area contributed by atoms with Crippen LogP contribution in [0.15, 0.2) is 24.3 Å². The van der Waals surface area contributed by atoms with E-state index in [4.69, 9.17) is 22.1 Å². The Morgan fingerprint density at radius 3 is 2.53 bits per heavy atom. The van der Waals surface area contributed by atoms with Crippen molar-refractivity contribution in [3.63, 3.8) is 0 Å². The molecular formula is C16H24ClNO. The van der Waals surface area contributed by atoms with Gasteiger partial charge in [0.25, 0.3) is 0 Å². The van der Waals surface area contributed by atoms with Gasteiger partial charge < -0.3 is 10.5 Å². The molecule has 1 aromatic carbocycles. The molecule has 1 fully saturated rings. The van der Waals surface area contributed by atoms with Crippen LogP contribution in [0, 0.1) is 5.92 Å². The SMILES string of the molecule is CC1CCC(OC(c2cccc(Cl)c2)C(C)N)CC1. The highest BCUT2D eigenvalue weighted by atomic mass is 35.5. The summed E-state index contributed by atoms with van der Waals surface area (Å²) in [4.78, 5) is 0. The summed E-state index contributed by atoms with van der Waals surface area (Å²) < 4.78 is 6.26. The summed E-state index contributed by atoms with van der Waals surface area (Å²) in [5.74, 6) is 0.833. The molecule has 0 spiro atoms. The summed E-state index contributed by atoms with van der Waals surface area (Å²) in [6.07, 6.45) is 5.08. The number of benzene rings is 1. The van der Waals surface area contributed by atoms with Crippen LogP contribution in [-0.4, -0.2) is 12.1 Å². The Bertz CT molecular complexity index is 399. The number of rotatable bonds is 4. The highest BCUT2D eigenvalue weighted by molar-refractivity contribution is 6.30. The van der Waals surface area contributed by atoms with Crippen molar-refractivity contribution in [3.8, 4) is 0 Å².